The molecule has 1 N–H and O–H groups in total. The molecular formula is C29H35BrClN5O. The first-order chi connectivity index (χ1) is 17.9. The summed E-state index contributed by atoms with van der Waals surface area (Å²) in [5.74, 6) is 0.445. The number of aryl methyl sites for hydroxylation is 1. The molecule has 0 saturated heterocycles. The minimum Gasteiger partial charge on any atom is -0.372 e. The summed E-state index contributed by atoms with van der Waals surface area (Å²) in [7, 11) is 0. The number of pyridine rings is 1. The number of benzene rings is 2. The van der Waals surface area contributed by atoms with Crippen LogP contribution in [0.15, 0.2) is 64.0 Å². The van der Waals surface area contributed by atoms with Crippen molar-refractivity contribution in [2.45, 2.75) is 54.0 Å². The van der Waals surface area contributed by atoms with Gasteiger partial charge < -0.3 is 10.2 Å². The third-order valence-electron chi connectivity index (χ3n) is 5.84. The molecule has 2 aromatic heterocycles. The first-order valence-electron chi connectivity index (χ1n) is 12.9. The van der Waals surface area contributed by atoms with Crippen molar-refractivity contribution >= 4 is 55.9 Å². The Bertz CT molecular complexity index is 1380. The van der Waals surface area contributed by atoms with Crippen LogP contribution in [-0.2, 0) is 6.54 Å². The summed E-state index contributed by atoms with van der Waals surface area (Å²) < 4.78 is 2.52. The van der Waals surface area contributed by atoms with Crippen LogP contribution in [0.5, 0.6) is 0 Å². The fraction of sp³-hybridized carbons (Fsp3) is 0.345. The summed E-state index contributed by atoms with van der Waals surface area (Å²) in [6, 6.07) is 15.6. The van der Waals surface area contributed by atoms with Gasteiger partial charge in [-0.1, -0.05) is 61.3 Å². The molecule has 0 aliphatic heterocycles. The van der Waals surface area contributed by atoms with Crippen LogP contribution in [0.4, 0.5) is 17.3 Å². The first kappa shape index (κ1) is 28.7. The van der Waals surface area contributed by atoms with Crippen molar-refractivity contribution < 1.29 is 0 Å². The van der Waals surface area contributed by atoms with Gasteiger partial charge in [-0.05, 0) is 62.2 Å². The summed E-state index contributed by atoms with van der Waals surface area (Å²) >= 11 is 9.86. The number of anilines is 3. The molecular weight excluding hydrogens is 550 g/mol. The van der Waals surface area contributed by atoms with Gasteiger partial charge in [0.05, 0.1) is 0 Å². The van der Waals surface area contributed by atoms with E-state index in [2.05, 4.69) is 62.1 Å². The Morgan fingerprint density at radius 1 is 0.973 bits per heavy atom. The monoisotopic (exact) mass is 583 g/mol. The van der Waals surface area contributed by atoms with Crippen LogP contribution in [-0.4, -0.2) is 27.6 Å². The lowest BCUT2D eigenvalue weighted by atomic mass is 10.1. The second-order valence-corrected chi connectivity index (χ2v) is 9.69. The van der Waals surface area contributed by atoms with E-state index in [1.54, 1.807) is 16.8 Å². The van der Waals surface area contributed by atoms with E-state index in [4.69, 9.17) is 11.6 Å². The van der Waals surface area contributed by atoms with E-state index in [0.29, 0.717) is 34.3 Å². The first-order valence-corrected chi connectivity index (χ1v) is 14.1. The SMILES string of the molecule is CC.CCCN(CCC)c1ccc(Nc2ncc3cc(-c4ccc(Br)cc4Cl)c(=O)n(CC)c3n2)cc1. The van der Waals surface area contributed by atoms with Gasteiger partial charge in [-0.3, -0.25) is 9.36 Å². The molecule has 8 heteroatoms. The van der Waals surface area contributed by atoms with Crippen LogP contribution in [0.25, 0.3) is 22.2 Å². The Balaban J connectivity index is 0.00000186. The van der Waals surface area contributed by atoms with Crippen molar-refractivity contribution in [3.63, 3.8) is 0 Å². The van der Waals surface area contributed by atoms with Gasteiger partial charge in [-0.15, -0.1) is 0 Å². The lowest BCUT2D eigenvalue weighted by molar-refractivity contribution is 0.745. The van der Waals surface area contributed by atoms with E-state index < -0.39 is 0 Å². The van der Waals surface area contributed by atoms with E-state index in [-0.39, 0.29) is 5.56 Å². The summed E-state index contributed by atoms with van der Waals surface area (Å²) in [6.07, 6.45) is 3.96. The van der Waals surface area contributed by atoms with Gasteiger partial charge in [0.2, 0.25) is 5.95 Å². The molecule has 0 amide bonds. The molecule has 0 unspecified atom stereocenters. The third kappa shape index (κ3) is 6.70. The largest absolute Gasteiger partial charge is 0.372 e. The smallest absolute Gasteiger partial charge is 0.260 e. The Morgan fingerprint density at radius 2 is 1.65 bits per heavy atom. The van der Waals surface area contributed by atoms with Gasteiger partial charge in [0.15, 0.2) is 0 Å². The number of fused-ring (bicyclic) bond motifs is 1. The molecule has 0 radical (unpaired) electrons. The highest BCUT2D eigenvalue weighted by Gasteiger charge is 2.15. The van der Waals surface area contributed by atoms with Crippen molar-refractivity contribution in [1.29, 1.82) is 0 Å². The van der Waals surface area contributed by atoms with Gasteiger partial charge in [-0.25, -0.2) is 4.98 Å². The Kier molecular flexibility index (Phi) is 10.5. The van der Waals surface area contributed by atoms with Crippen LogP contribution in [0.3, 0.4) is 0 Å². The molecule has 0 atom stereocenters. The van der Waals surface area contributed by atoms with Gasteiger partial charge in [0, 0.05) is 63.2 Å². The van der Waals surface area contributed by atoms with Gasteiger partial charge >= 0.3 is 0 Å². The molecule has 4 aromatic rings. The molecule has 2 heterocycles. The molecule has 0 fully saturated rings. The van der Waals surface area contributed by atoms with Crippen molar-refractivity contribution in [2.24, 2.45) is 0 Å². The van der Waals surface area contributed by atoms with E-state index in [0.717, 1.165) is 41.5 Å². The topological polar surface area (TPSA) is 63.1 Å². The van der Waals surface area contributed by atoms with Crippen molar-refractivity contribution in [2.75, 3.05) is 23.3 Å². The molecule has 0 aliphatic carbocycles. The molecule has 6 nitrogen and oxygen atoms in total. The summed E-state index contributed by atoms with van der Waals surface area (Å²) in [6.45, 7) is 12.9. The number of hydrogen-bond donors (Lipinski definition) is 1. The number of rotatable bonds is 9. The predicted octanol–water partition coefficient (Wildman–Crippen LogP) is 8.29. The quantitative estimate of drug-likeness (QED) is 0.214. The normalized spacial score (nSPS) is 10.7. The van der Waals surface area contributed by atoms with Gasteiger partial charge in [-0.2, -0.15) is 4.98 Å². The van der Waals surface area contributed by atoms with Gasteiger partial charge in [0.1, 0.15) is 5.65 Å². The van der Waals surface area contributed by atoms with Crippen molar-refractivity contribution in [3.05, 3.63) is 74.6 Å². The van der Waals surface area contributed by atoms with E-state index >= 15 is 0 Å². The standard InChI is InChI=1S/C27H29BrClN5O.C2H6/c1-4-13-33(14-5-2)21-10-8-20(9-11-21)31-27-30-17-18-15-23(22-12-7-19(28)16-24(22)29)26(35)34(6-3)25(18)32-27;1-2/h7-12,15-17H,4-6,13-14H2,1-3H3,(H,30,31,32);1-2H3. The second-order valence-electron chi connectivity index (χ2n) is 8.36. The average molecular weight is 585 g/mol. The molecule has 0 saturated carbocycles. The Morgan fingerprint density at radius 3 is 2.24 bits per heavy atom. The van der Waals surface area contributed by atoms with E-state index in [1.165, 1.54) is 5.69 Å². The summed E-state index contributed by atoms with van der Waals surface area (Å²) in [5.41, 5.74) is 3.76. The molecule has 37 heavy (non-hydrogen) atoms. The number of nitrogens with zero attached hydrogens (tertiary/aromatic N) is 4. The molecule has 2 aromatic carbocycles. The highest BCUT2D eigenvalue weighted by molar-refractivity contribution is 9.10. The molecule has 4 rings (SSSR count). The lowest BCUT2D eigenvalue weighted by Gasteiger charge is -2.24. The maximum Gasteiger partial charge on any atom is 0.260 e. The van der Waals surface area contributed by atoms with Gasteiger partial charge in [0.25, 0.3) is 5.56 Å². The molecule has 196 valence electrons. The maximum absolute atomic E-state index is 13.3. The maximum atomic E-state index is 13.3. The number of halogens is 2. The highest BCUT2D eigenvalue weighted by Crippen LogP contribution is 2.30. The van der Waals surface area contributed by atoms with E-state index in [9.17, 15) is 4.79 Å². The van der Waals surface area contributed by atoms with Crippen LogP contribution in [0.1, 0.15) is 47.5 Å². The second kappa shape index (κ2) is 13.6. The Hall–Kier alpha value is -2.90. The fourth-order valence-electron chi connectivity index (χ4n) is 4.21. The number of aromatic nitrogens is 3. The van der Waals surface area contributed by atoms with Crippen LogP contribution >= 0.6 is 27.5 Å². The number of nitrogens with one attached hydrogen (secondary N) is 1. The highest BCUT2D eigenvalue weighted by atomic mass is 79.9. The van der Waals surface area contributed by atoms with Crippen molar-refractivity contribution in [3.8, 4) is 11.1 Å². The number of hydrogen-bond acceptors (Lipinski definition) is 5. The lowest BCUT2D eigenvalue weighted by Crippen LogP contribution is -2.24. The predicted molar refractivity (Wildman–Crippen MR) is 161 cm³/mol. The summed E-state index contributed by atoms with van der Waals surface area (Å²) in [5, 5.41) is 4.56. The minimum atomic E-state index is -0.134. The Labute approximate surface area is 232 Å². The third-order valence-corrected chi connectivity index (χ3v) is 6.65. The zero-order valence-electron chi connectivity index (χ0n) is 22.2. The fourth-order valence-corrected chi connectivity index (χ4v) is 4.98. The van der Waals surface area contributed by atoms with Crippen LogP contribution < -0.4 is 15.8 Å². The average Bonchev–Trinajstić information content (AvgIpc) is 2.90. The zero-order valence-corrected chi connectivity index (χ0v) is 24.5. The molecule has 0 aliphatic rings. The molecule has 0 spiro atoms. The van der Waals surface area contributed by atoms with E-state index in [1.807, 2.05) is 51.1 Å². The van der Waals surface area contributed by atoms with Crippen LogP contribution in [0, 0.1) is 0 Å². The minimum absolute atomic E-state index is 0.134. The zero-order chi connectivity index (χ0) is 26.9. The van der Waals surface area contributed by atoms with Crippen LogP contribution in [0.2, 0.25) is 5.02 Å². The van der Waals surface area contributed by atoms with Crippen molar-refractivity contribution in [1.82, 2.24) is 14.5 Å². The summed E-state index contributed by atoms with van der Waals surface area (Å²) in [4.78, 5) is 24.9. The molecule has 0 bridgehead atoms.